The quantitative estimate of drug-likeness (QED) is 0.604. The Labute approximate surface area is 87.3 Å². The Morgan fingerprint density at radius 1 is 1.40 bits per heavy atom. The summed E-state index contributed by atoms with van der Waals surface area (Å²) >= 11 is 0. The fraction of sp³-hybridized carbons (Fsp3) is 0.300. The number of nitrogens with zero attached hydrogens (tertiary/aromatic N) is 1. The Morgan fingerprint density at radius 3 is 2.60 bits per heavy atom. The van der Waals surface area contributed by atoms with Crippen LogP contribution in [0.3, 0.4) is 0 Å². The van der Waals surface area contributed by atoms with Crippen molar-refractivity contribution in [3.8, 4) is 0 Å². The van der Waals surface area contributed by atoms with Crippen molar-refractivity contribution < 1.29 is 9.72 Å². The van der Waals surface area contributed by atoms with E-state index < -0.39 is 17.4 Å². The van der Waals surface area contributed by atoms with Gasteiger partial charge in [-0.15, -0.1) is 0 Å². The molecule has 0 saturated carbocycles. The van der Waals surface area contributed by atoms with Gasteiger partial charge in [0, 0.05) is 10.6 Å². The van der Waals surface area contributed by atoms with Crippen molar-refractivity contribution in [3.05, 3.63) is 39.4 Å². The number of hydrogen-bond acceptors (Lipinski definition) is 3. The molecule has 1 aromatic rings. The van der Waals surface area contributed by atoms with E-state index in [1.807, 2.05) is 19.9 Å². The van der Waals surface area contributed by atoms with Crippen LogP contribution in [0.1, 0.15) is 11.1 Å². The highest BCUT2D eigenvalue weighted by molar-refractivity contribution is 5.91. The average molecular weight is 208 g/mol. The van der Waals surface area contributed by atoms with Crippen LogP contribution in [-0.2, 0) is 4.79 Å². The van der Waals surface area contributed by atoms with Crippen LogP contribution in [-0.4, -0.2) is 17.4 Å². The molecule has 0 heterocycles. The van der Waals surface area contributed by atoms with E-state index in [-0.39, 0.29) is 0 Å². The van der Waals surface area contributed by atoms with Gasteiger partial charge in [0.2, 0.25) is 0 Å². The first kappa shape index (κ1) is 11.2. The summed E-state index contributed by atoms with van der Waals surface area (Å²) < 4.78 is 0. The Bertz CT molecular complexity index is 402. The van der Waals surface area contributed by atoms with Crippen LogP contribution in [0.2, 0.25) is 0 Å². The fourth-order valence-corrected chi connectivity index (χ4v) is 1.14. The van der Waals surface area contributed by atoms with Crippen molar-refractivity contribution in [3.63, 3.8) is 0 Å². The van der Waals surface area contributed by atoms with Crippen molar-refractivity contribution >= 4 is 11.6 Å². The summed E-state index contributed by atoms with van der Waals surface area (Å²) in [5.41, 5.74) is 2.74. The molecule has 1 amide bonds. The number of carbonyl (C=O) groups is 1. The first-order chi connectivity index (χ1) is 6.99. The van der Waals surface area contributed by atoms with Crippen molar-refractivity contribution in [1.82, 2.24) is 0 Å². The Morgan fingerprint density at radius 2 is 2.07 bits per heavy atom. The van der Waals surface area contributed by atoms with E-state index in [0.717, 1.165) is 11.1 Å². The lowest BCUT2D eigenvalue weighted by atomic mass is 10.1. The van der Waals surface area contributed by atoms with Crippen LogP contribution >= 0.6 is 0 Å². The van der Waals surface area contributed by atoms with Gasteiger partial charge in [0.1, 0.15) is 0 Å². The molecule has 0 aromatic heterocycles. The lowest BCUT2D eigenvalue weighted by Crippen LogP contribution is -2.21. The number of rotatable bonds is 3. The predicted molar refractivity (Wildman–Crippen MR) is 56.4 cm³/mol. The van der Waals surface area contributed by atoms with E-state index in [2.05, 4.69) is 5.32 Å². The second-order valence-electron chi connectivity index (χ2n) is 3.34. The maximum Gasteiger partial charge on any atom is 0.296 e. The lowest BCUT2D eigenvalue weighted by molar-refractivity contribution is -0.467. The number of hydrogen-bond donors (Lipinski definition) is 1. The second kappa shape index (κ2) is 4.54. The minimum atomic E-state index is -0.701. The number of benzene rings is 1. The minimum Gasteiger partial charge on any atom is -0.320 e. The summed E-state index contributed by atoms with van der Waals surface area (Å²) in [6, 6.07) is 5.37. The second-order valence-corrected chi connectivity index (χ2v) is 3.34. The third-order valence-electron chi connectivity index (χ3n) is 2.06. The van der Waals surface area contributed by atoms with Gasteiger partial charge in [-0.1, -0.05) is 6.07 Å². The highest BCUT2D eigenvalue weighted by atomic mass is 16.6. The summed E-state index contributed by atoms with van der Waals surface area (Å²) in [6.07, 6.45) is 0. The van der Waals surface area contributed by atoms with Crippen LogP contribution in [0.25, 0.3) is 0 Å². The van der Waals surface area contributed by atoms with E-state index in [4.69, 9.17) is 0 Å². The molecule has 15 heavy (non-hydrogen) atoms. The zero-order valence-electron chi connectivity index (χ0n) is 8.61. The number of nitro groups is 1. The van der Waals surface area contributed by atoms with E-state index in [1.165, 1.54) is 0 Å². The molecule has 0 unspecified atom stereocenters. The van der Waals surface area contributed by atoms with Crippen LogP contribution in [0, 0.1) is 24.0 Å². The molecule has 80 valence electrons. The van der Waals surface area contributed by atoms with Crippen LogP contribution in [0.15, 0.2) is 18.2 Å². The normalized spacial score (nSPS) is 9.73. The van der Waals surface area contributed by atoms with Crippen molar-refractivity contribution in [2.75, 3.05) is 11.9 Å². The molecule has 0 aliphatic rings. The highest BCUT2D eigenvalue weighted by Crippen LogP contribution is 2.13. The van der Waals surface area contributed by atoms with E-state index in [0.29, 0.717) is 5.69 Å². The van der Waals surface area contributed by atoms with Gasteiger partial charge >= 0.3 is 0 Å². The van der Waals surface area contributed by atoms with Crippen molar-refractivity contribution in [2.45, 2.75) is 13.8 Å². The molecule has 0 radical (unpaired) electrons. The average Bonchev–Trinajstić information content (AvgIpc) is 2.10. The van der Waals surface area contributed by atoms with E-state index >= 15 is 0 Å². The highest BCUT2D eigenvalue weighted by Gasteiger charge is 2.09. The van der Waals surface area contributed by atoms with Gasteiger partial charge in [-0.05, 0) is 37.1 Å². The fourth-order valence-electron chi connectivity index (χ4n) is 1.14. The summed E-state index contributed by atoms with van der Waals surface area (Å²) in [4.78, 5) is 20.5. The molecule has 0 spiro atoms. The van der Waals surface area contributed by atoms with Gasteiger partial charge in [0.25, 0.3) is 12.5 Å². The maximum absolute atomic E-state index is 11.1. The number of anilines is 1. The lowest BCUT2D eigenvalue weighted by Gasteiger charge is -2.05. The summed E-state index contributed by atoms with van der Waals surface area (Å²) in [6.45, 7) is 3.17. The van der Waals surface area contributed by atoms with Crippen LogP contribution in [0.4, 0.5) is 5.69 Å². The molecule has 0 aliphatic heterocycles. The Kier molecular flexibility index (Phi) is 3.38. The summed E-state index contributed by atoms with van der Waals surface area (Å²) in [7, 11) is 0. The third kappa shape index (κ3) is 3.38. The van der Waals surface area contributed by atoms with Gasteiger partial charge in [-0.25, -0.2) is 0 Å². The molecule has 0 fully saturated rings. The van der Waals surface area contributed by atoms with Crippen molar-refractivity contribution in [2.24, 2.45) is 0 Å². The molecule has 5 nitrogen and oxygen atoms in total. The van der Waals surface area contributed by atoms with E-state index in [1.54, 1.807) is 12.1 Å². The van der Waals surface area contributed by atoms with Gasteiger partial charge in [-0.3, -0.25) is 14.9 Å². The minimum absolute atomic E-state index is 0.588. The standard InChI is InChI=1S/C10H12N2O3/c1-7-3-4-9(5-8(7)2)11-10(13)6-12(14)15/h3-5H,6H2,1-2H3,(H,11,13). The van der Waals surface area contributed by atoms with Gasteiger partial charge < -0.3 is 5.32 Å². The molecule has 0 bridgehead atoms. The van der Waals surface area contributed by atoms with Crippen LogP contribution < -0.4 is 5.32 Å². The molecule has 5 heteroatoms. The predicted octanol–water partition coefficient (Wildman–Crippen LogP) is 1.52. The van der Waals surface area contributed by atoms with Gasteiger partial charge in [-0.2, -0.15) is 0 Å². The number of amides is 1. The summed E-state index contributed by atoms with van der Waals surface area (Å²) in [5, 5.41) is 12.5. The van der Waals surface area contributed by atoms with Gasteiger partial charge in [0.15, 0.2) is 0 Å². The molecule has 0 atom stereocenters. The van der Waals surface area contributed by atoms with Crippen LogP contribution in [0.5, 0.6) is 0 Å². The molecule has 0 aliphatic carbocycles. The SMILES string of the molecule is Cc1ccc(NC(=O)C[N+](=O)[O-])cc1C. The Hall–Kier alpha value is -1.91. The topological polar surface area (TPSA) is 72.2 Å². The maximum atomic E-state index is 11.1. The zero-order valence-corrected chi connectivity index (χ0v) is 8.61. The molecule has 1 N–H and O–H groups in total. The number of aryl methyl sites for hydroxylation is 2. The van der Waals surface area contributed by atoms with Crippen molar-refractivity contribution in [1.29, 1.82) is 0 Å². The number of nitrogens with one attached hydrogen (secondary N) is 1. The molecule has 0 saturated heterocycles. The Balaban J connectivity index is 2.69. The molecular formula is C10H12N2O3. The summed E-state index contributed by atoms with van der Waals surface area (Å²) in [5.74, 6) is -0.608. The van der Waals surface area contributed by atoms with Gasteiger partial charge in [0.05, 0.1) is 0 Å². The largest absolute Gasteiger partial charge is 0.320 e. The van der Waals surface area contributed by atoms with E-state index in [9.17, 15) is 14.9 Å². The molecule has 1 aromatic carbocycles. The first-order valence-corrected chi connectivity index (χ1v) is 4.48. The third-order valence-corrected chi connectivity index (χ3v) is 2.06. The molecule has 1 rings (SSSR count). The monoisotopic (exact) mass is 208 g/mol. The molecular weight excluding hydrogens is 196 g/mol. The first-order valence-electron chi connectivity index (χ1n) is 4.48. The zero-order chi connectivity index (χ0) is 11.4. The number of carbonyl (C=O) groups excluding carboxylic acids is 1. The smallest absolute Gasteiger partial charge is 0.296 e.